The van der Waals surface area contributed by atoms with E-state index < -0.39 is 18.2 Å². The lowest BCUT2D eigenvalue weighted by atomic mass is 9.91. The number of hydrogen-bond acceptors (Lipinski definition) is 4. The summed E-state index contributed by atoms with van der Waals surface area (Å²) in [5.41, 5.74) is 0.494. The van der Waals surface area contributed by atoms with Gasteiger partial charge in [-0.25, -0.2) is 0 Å². The van der Waals surface area contributed by atoms with Gasteiger partial charge < -0.3 is 20.2 Å². The molecular formula is C14H15Cl2NO4. The van der Waals surface area contributed by atoms with Gasteiger partial charge in [0.2, 0.25) is 5.91 Å². The van der Waals surface area contributed by atoms with Crippen LogP contribution in [0.3, 0.4) is 0 Å². The molecule has 2 saturated heterocycles. The maximum Gasteiger partial charge on any atom is 0.225 e. The maximum atomic E-state index is 12.0. The number of nitrogens with zero attached hydrogens (tertiary/aromatic N) is 1. The lowest BCUT2D eigenvalue weighted by molar-refractivity contribution is -0.148. The van der Waals surface area contributed by atoms with Crippen molar-refractivity contribution < 1.29 is 20.1 Å². The van der Waals surface area contributed by atoms with E-state index in [0.717, 1.165) is 0 Å². The molecule has 21 heavy (non-hydrogen) atoms. The van der Waals surface area contributed by atoms with Gasteiger partial charge in [-0.3, -0.25) is 4.79 Å². The fourth-order valence-electron chi connectivity index (χ4n) is 3.30. The molecule has 5 nitrogen and oxygen atoms in total. The van der Waals surface area contributed by atoms with Crippen molar-refractivity contribution >= 4 is 29.1 Å². The third kappa shape index (κ3) is 2.38. The fourth-order valence-corrected chi connectivity index (χ4v) is 3.78. The Labute approximate surface area is 131 Å². The zero-order valence-electron chi connectivity index (χ0n) is 11.0. The van der Waals surface area contributed by atoms with Crippen LogP contribution in [0, 0.1) is 0 Å². The number of amides is 1. The average Bonchev–Trinajstić information content (AvgIpc) is 2.86. The van der Waals surface area contributed by atoms with Crippen molar-refractivity contribution in [2.24, 2.45) is 0 Å². The van der Waals surface area contributed by atoms with E-state index in [2.05, 4.69) is 0 Å². The number of halogens is 2. The minimum atomic E-state index is -1.04. The lowest BCUT2D eigenvalue weighted by Crippen LogP contribution is -2.54. The number of aromatic hydroxyl groups is 1. The van der Waals surface area contributed by atoms with Gasteiger partial charge in [-0.1, -0.05) is 23.2 Å². The Bertz CT molecular complexity index is 595. The predicted octanol–water partition coefficient (Wildman–Crippen LogP) is 1.51. The molecule has 3 N–H and O–H groups in total. The first kappa shape index (κ1) is 14.9. The van der Waals surface area contributed by atoms with Gasteiger partial charge in [-0.15, -0.1) is 0 Å². The van der Waals surface area contributed by atoms with Crippen LogP contribution in [0.25, 0.3) is 0 Å². The van der Waals surface area contributed by atoms with E-state index in [4.69, 9.17) is 23.2 Å². The molecule has 0 bridgehead atoms. The first-order valence-electron chi connectivity index (χ1n) is 6.72. The highest BCUT2D eigenvalue weighted by Gasteiger charge is 2.47. The SMILES string of the molecule is O=C1C[C@H](O)[C@H](O)[C@@H]2C[C@H](c3c(O)ccc(Cl)c3Cl)CN12. The zero-order chi connectivity index (χ0) is 15.3. The average molecular weight is 332 g/mol. The Morgan fingerprint density at radius 3 is 2.67 bits per heavy atom. The van der Waals surface area contributed by atoms with Gasteiger partial charge in [-0.2, -0.15) is 0 Å². The summed E-state index contributed by atoms with van der Waals surface area (Å²) in [5, 5.41) is 30.4. The van der Waals surface area contributed by atoms with Crippen LogP contribution in [0.1, 0.15) is 24.3 Å². The highest BCUT2D eigenvalue weighted by molar-refractivity contribution is 6.42. The quantitative estimate of drug-likeness (QED) is 0.728. The first-order valence-corrected chi connectivity index (χ1v) is 7.48. The summed E-state index contributed by atoms with van der Waals surface area (Å²) in [6, 6.07) is 2.52. The van der Waals surface area contributed by atoms with Crippen LogP contribution in [0.15, 0.2) is 12.1 Å². The molecule has 7 heteroatoms. The number of carbonyl (C=O) groups excluding carboxylic acids is 1. The standard InChI is InChI=1S/C14H15Cl2NO4/c15-7-1-2-9(18)12(13(7)16)6-3-8-14(21)10(19)4-11(20)17(8)5-6/h1-2,6,8,10,14,18-19,21H,3-5H2/t6-,8-,10-,14+/m0/s1. The van der Waals surface area contributed by atoms with Crippen molar-refractivity contribution in [1.29, 1.82) is 0 Å². The molecule has 0 saturated carbocycles. The molecule has 1 aromatic carbocycles. The number of rotatable bonds is 1. The van der Waals surface area contributed by atoms with Crippen LogP contribution in [0.4, 0.5) is 0 Å². The molecule has 0 radical (unpaired) electrons. The van der Waals surface area contributed by atoms with Gasteiger partial charge in [0.15, 0.2) is 0 Å². The minimum Gasteiger partial charge on any atom is -0.508 e. The van der Waals surface area contributed by atoms with E-state index in [-0.39, 0.29) is 29.0 Å². The largest absolute Gasteiger partial charge is 0.508 e. The Morgan fingerprint density at radius 1 is 1.24 bits per heavy atom. The van der Waals surface area contributed by atoms with Crippen LogP contribution in [0.2, 0.25) is 10.0 Å². The van der Waals surface area contributed by atoms with Gasteiger partial charge in [0.05, 0.1) is 28.6 Å². The molecule has 0 unspecified atom stereocenters. The van der Waals surface area contributed by atoms with Crippen LogP contribution < -0.4 is 0 Å². The number of hydrogen-bond donors (Lipinski definition) is 3. The number of aliphatic hydroxyl groups excluding tert-OH is 2. The van der Waals surface area contributed by atoms with Crippen molar-refractivity contribution in [2.45, 2.75) is 37.0 Å². The Hall–Kier alpha value is -1.01. The van der Waals surface area contributed by atoms with E-state index in [9.17, 15) is 20.1 Å². The van der Waals surface area contributed by atoms with E-state index in [1.165, 1.54) is 12.1 Å². The highest BCUT2D eigenvalue weighted by Crippen LogP contribution is 2.44. The van der Waals surface area contributed by atoms with Crippen molar-refractivity contribution in [3.63, 3.8) is 0 Å². The van der Waals surface area contributed by atoms with E-state index in [1.807, 2.05) is 0 Å². The predicted molar refractivity (Wildman–Crippen MR) is 77.6 cm³/mol. The Kier molecular flexibility index (Phi) is 3.78. The molecule has 1 aromatic rings. The number of phenols is 1. The van der Waals surface area contributed by atoms with E-state index in [0.29, 0.717) is 23.6 Å². The molecule has 114 valence electrons. The number of benzene rings is 1. The number of piperidine rings is 1. The molecule has 2 aliphatic heterocycles. The van der Waals surface area contributed by atoms with Crippen LogP contribution in [-0.2, 0) is 4.79 Å². The summed E-state index contributed by atoms with van der Waals surface area (Å²) >= 11 is 12.2. The molecular weight excluding hydrogens is 317 g/mol. The Morgan fingerprint density at radius 2 is 1.95 bits per heavy atom. The number of carbonyl (C=O) groups is 1. The van der Waals surface area contributed by atoms with Crippen molar-refractivity contribution in [2.75, 3.05) is 6.54 Å². The molecule has 0 spiro atoms. The lowest BCUT2D eigenvalue weighted by Gasteiger charge is -2.36. The van der Waals surface area contributed by atoms with Gasteiger partial charge in [0, 0.05) is 18.0 Å². The van der Waals surface area contributed by atoms with Gasteiger partial charge in [0.25, 0.3) is 0 Å². The monoisotopic (exact) mass is 331 g/mol. The molecule has 2 aliphatic rings. The second kappa shape index (κ2) is 5.32. The van der Waals surface area contributed by atoms with Gasteiger partial charge >= 0.3 is 0 Å². The number of aliphatic hydroxyl groups is 2. The topological polar surface area (TPSA) is 81.0 Å². The van der Waals surface area contributed by atoms with Crippen molar-refractivity contribution in [3.05, 3.63) is 27.7 Å². The van der Waals surface area contributed by atoms with E-state index in [1.54, 1.807) is 4.90 Å². The molecule has 1 amide bonds. The second-order valence-corrected chi connectivity index (χ2v) is 6.39. The third-order valence-electron chi connectivity index (χ3n) is 4.35. The minimum absolute atomic E-state index is 0.0248. The first-order chi connectivity index (χ1) is 9.90. The zero-order valence-corrected chi connectivity index (χ0v) is 12.6. The third-order valence-corrected chi connectivity index (χ3v) is 5.17. The Balaban J connectivity index is 1.94. The van der Waals surface area contributed by atoms with Gasteiger partial charge in [0.1, 0.15) is 11.9 Å². The summed E-state index contributed by atoms with van der Waals surface area (Å²) < 4.78 is 0. The summed E-state index contributed by atoms with van der Waals surface area (Å²) in [5.74, 6) is -0.389. The van der Waals surface area contributed by atoms with Crippen molar-refractivity contribution in [1.82, 2.24) is 4.90 Å². The summed E-state index contributed by atoms with van der Waals surface area (Å²) in [4.78, 5) is 13.5. The van der Waals surface area contributed by atoms with Crippen LogP contribution in [0.5, 0.6) is 5.75 Å². The highest BCUT2D eigenvalue weighted by atomic mass is 35.5. The smallest absolute Gasteiger partial charge is 0.225 e. The van der Waals surface area contributed by atoms with Gasteiger partial charge in [-0.05, 0) is 18.6 Å². The summed E-state index contributed by atoms with van der Waals surface area (Å²) in [7, 11) is 0. The molecule has 2 fully saturated rings. The number of fused-ring (bicyclic) bond motifs is 1. The van der Waals surface area contributed by atoms with Crippen molar-refractivity contribution in [3.8, 4) is 5.75 Å². The molecule has 3 rings (SSSR count). The summed E-state index contributed by atoms with van der Waals surface area (Å²) in [6.45, 7) is 0.348. The van der Waals surface area contributed by atoms with Crippen LogP contribution in [-0.4, -0.2) is 50.9 Å². The molecule has 2 heterocycles. The fraction of sp³-hybridized carbons (Fsp3) is 0.500. The second-order valence-electron chi connectivity index (χ2n) is 5.60. The molecule has 4 atom stereocenters. The van der Waals surface area contributed by atoms with E-state index >= 15 is 0 Å². The normalized spacial score (nSPS) is 32.4. The maximum absolute atomic E-state index is 12.0. The summed E-state index contributed by atoms with van der Waals surface area (Å²) in [6.07, 6.45) is -1.68. The number of phenolic OH excluding ortho intramolecular Hbond substituents is 1. The molecule has 0 aromatic heterocycles. The van der Waals surface area contributed by atoms with Crippen LogP contribution >= 0.6 is 23.2 Å². The molecule has 0 aliphatic carbocycles.